The highest BCUT2D eigenvalue weighted by molar-refractivity contribution is 5.75. The lowest BCUT2D eigenvalue weighted by Crippen LogP contribution is -2.40. The lowest BCUT2D eigenvalue weighted by atomic mass is 10.1. The van der Waals surface area contributed by atoms with Crippen LogP contribution in [0.2, 0.25) is 0 Å². The molecule has 1 rings (SSSR count). The molecule has 1 aromatic rings. The van der Waals surface area contributed by atoms with E-state index in [-0.39, 0.29) is 19.0 Å². The second-order valence-corrected chi connectivity index (χ2v) is 4.12. The number of carbonyl (C=O) groups excluding carboxylic acids is 1. The van der Waals surface area contributed by atoms with Crippen LogP contribution in [-0.2, 0) is 11.3 Å². The van der Waals surface area contributed by atoms with Crippen LogP contribution in [0.3, 0.4) is 0 Å². The van der Waals surface area contributed by atoms with Crippen molar-refractivity contribution in [1.82, 2.24) is 14.9 Å². The van der Waals surface area contributed by atoms with Gasteiger partial charge < -0.3 is 10.4 Å². The van der Waals surface area contributed by atoms with Crippen LogP contribution >= 0.6 is 0 Å². The highest BCUT2D eigenvalue weighted by Crippen LogP contribution is 1.96. The molecule has 1 amide bonds. The number of rotatable bonds is 4. The van der Waals surface area contributed by atoms with E-state index in [9.17, 15) is 14.7 Å². The molecule has 0 aliphatic rings. The number of hydrogen-bond acceptors (Lipinski definition) is 4. The molecule has 6 nitrogen and oxygen atoms in total. The average molecular weight is 225 g/mol. The summed E-state index contributed by atoms with van der Waals surface area (Å²) in [5.74, 6) is -0.336. The second kappa shape index (κ2) is 4.89. The molecule has 0 bridgehead atoms. The van der Waals surface area contributed by atoms with Crippen molar-refractivity contribution in [2.24, 2.45) is 0 Å². The lowest BCUT2D eigenvalue weighted by molar-refractivity contribution is -0.122. The zero-order valence-corrected chi connectivity index (χ0v) is 9.30. The van der Waals surface area contributed by atoms with Crippen LogP contribution < -0.4 is 11.0 Å². The smallest absolute Gasteiger partial charge is 0.347 e. The number of carbonyl (C=O) groups is 1. The molecule has 2 N–H and O–H groups in total. The molecule has 16 heavy (non-hydrogen) atoms. The minimum absolute atomic E-state index is 0.0945. The van der Waals surface area contributed by atoms with Gasteiger partial charge in [-0.2, -0.15) is 0 Å². The van der Waals surface area contributed by atoms with E-state index < -0.39 is 11.3 Å². The van der Waals surface area contributed by atoms with Gasteiger partial charge in [0.05, 0.1) is 5.60 Å². The van der Waals surface area contributed by atoms with Crippen LogP contribution in [0, 0.1) is 0 Å². The van der Waals surface area contributed by atoms with E-state index in [4.69, 9.17) is 0 Å². The molecule has 88 valence electrons. The molecule has 0 spiro atoms. The summed E-state index contributed by atoms with van der Waals surface area (Å²) in [4.78, 5) is 26.1. The van der Waals surface area contributed by atoms with Gasteiger partial charge in [-0.1, -0.05) is 0 Å². The minimum atomic E-state index is -0.963. The van der Waals surface area contributed by atoms with Crippen molar-refractivity contribution in [3.05, 3.63) is 28.9 Å². The van der Waals surface area contributed by atoms with Crippen LogP contribution in [-0.4, -0.2) is 32.7 Å². The van der Waals surface area contributed by atoms with Gasteiger partial charge >= 0.3 is 5.69 Å². The first-order chi connectivity index (χ1) is 7.38. The normalized spacial score (nSPS) is 11.2. The third kappa shape index (κ3) is 4.22. The Hall–Kier alpha value is -1.69. The molecule has 0 fully saturated rings. The molecular weight excluding hydrogens is 210 g/mol. The quantitative estimate of drug-likeness (QED) is 0.697. The fourth-order valence-electron chi connectivity index (χ4n) is 1.03. The standard InChI is InChI=1S/C10H15N3O3/c1-10(2,16)7-12-8(14)6-13-5-3-4-11-9(13)15/h3-5,16H,6-7H2,1-2H3,(H,12,14). The molecule has 0 atom stereocenters. The molecular formula is C10H15N3O3. The van der Waals surface area contributed by atoms with Gasteiger partial charge in [0.2, 0.25) is 5.91 Å². The zero-order valence-electron chi connectivity index (χ0n) is 9.30. The fourth-order valence-corrected chi connectivity index (χ4v) is 1.03. The van der Waals surface area contributed by atoms with E-state index in [2.05, 4.69) is 10.3 Å². The molecule has 1 aromatic heterocycles. The summed E-state index contributed by atoms with van der Waals surface area (Å²) < 4.78 is 1.19. The Labute approximate surface area is 92.9 Å². The highest BCUT2D eigenvalue weighted by atomic mass is 16.3. The molecule has 0 radical (unpaired) electrons. The lowest BCUT2D eigenvalue weighted by Gasteiger charge is -2.17. The summed E-state index contributed by atoms with van der Waals surface area (Å²) in [6.07, 6.45) is 2.85. The molecule has 0 aliphatic carbocycles. The Kier molecular flexibility index (Phi) is 3.78. The minimum Gasteiger partial charge on any atom is -0.389 e. The first-order valence-corrected chi connectivity index (χ1v) is 4.89. The van der Waals surface area contributed by atoms with Gasteiger partial charge in [0.25, 0.3) is 0 Å². The predicted molar refractivity (Wildman–Crippen MR) is 57.8 cm³/mol. The number of nitrogens with one attached hydrogen (secondary N) is 1. The maximum atomic E-state index is 11.4. The van der Waals surface area contributed by atoms with Crippen molar-refractivity contribution < 1.29 is 9.90 Å². The fraction of sp³-hybridized carbons (Fsp3) is 0.500. The average Bonchev–Trinajstić information content (AvgIpc) is 2.18. The van der Waals surface area contributed by atoms with Crippen LogP contribution in [0.1, 0.15) is 13.8 Å². The number of nitrogens with zero attached hydrogens (tertiary/aromatic N) is 2. The zero-order chi connectivity index (χ0) is 12.2. The molecule has 1 heterocycles. The summed E-state index contributed by atoms with van der Waals surface area (Å²) in [7, 11) is 0. The van der Waals surface area contributed by atoms with Gasteiger partial charge in [-0.25, -0.2) is 9.78 Å². The molecule has 0 unspecified atom stereocenters. The Bertz CT molecular complexity index is 420. The summed E-state index contributed by atoms with van der Waals surface area (Å²) in [6.45, 7) is 3.22. The molecule has 0 aromatic carbocycles. The van der Waals surface area contributed by atoms with Crippen molar-refractivity contribution in [3.63, 3.8) is 0 Å². The van der Waals surface area contributed by atoms with Crippen molar-refractivity contribution in [1.29, 1.82) is 0 Å². The van der Waals surface area contributed by atoms with Gasteiger partial charge in [-0.3, -0.25) is 9.36 Å². The highest BCUT2D eigenvalue weighted by Gasteiger charge is 2.14. The summed E-state index contributed by atoms with van der Waals surface area (Å²) in [6, 6.07) is 1.57. The maximum Gasteiger partial charge on any atom is 0.347 e. The number of amides is 1. The molecule has 0 saturated heterocycles. The van der Waals surface area contributed by atoms with Crippen molar-refractivity contribution in [2.45, 2.75) is 26.0 Å². The van der Waals surface area contributed by atoms with Crippen molar-refractivity contribution >= 4 is 5.91 Å². The van der Waals surface area contributed by atoms with E-state index >= 15 is 0 Å². The third-order valence-electron chi connectivity index (χ3n) is 1.81. The van der Waals surface area contributed by atoms with Gasteiger partial charge in [0.1, 0.15) is 6.54 Å². The largest absolute Gasteiger partial charge is 0.389 e. The molecule has 6 heteroatoms. The van der Waals surface area contributed by atoms with Crippen LogP contribution in [0.15, 0.2) is 23.3 Å². The Morgan fingerprint density at radius 1 is 1.62 bits per heavy atom. The van der Waals surface area contributed by atoms with E-state index in [1.807, 2.05) is 0 Å². The Morgan fingerprint density at radius 2 is 2.31 bits per heavy atom. The third-order valence-corrected chi connectivity index (χ3v) is 1.81. The molecule has 0 aliphatic heterocycles. The van der Waals surface area contributed by atoms with E-state index in [0.29, 0.717) is 0 Å². The first-order valence-electron chi connectivity index (χ1n) is 4.89. The summed E-state index contributed by atoms with van der Waals surface area (Å²) in [5, 5.41) is 11.9. The van der Waals surface area contributed by atoms with Crippen LogP contribution in [0.4, 0.5) is 0 Å². The first kappa shape index (κ1) is 12.4. The van der Waals surface area contributed by atoms with Gasteiger partial charge in [0, 0.05) is 18.9 Å². The van der Waals surface area contributed by atoms with E-state index in [1.54, 1.807) is 19.9 Å². The van der Waals surface area contributed by atoms with Gasteiger partial charge in [0.15, 0.2) is 0 Å². The Balaban J connectivity index is 2.53. The topological polar surface area (TPSA) is 84.2 Å². The SMILES string of the molecule is CC(C)(O)CNC(=O)Cn1cccnc1=O. The monoisotopic (exact) mass is 225 g/mol. The summed E-state index contributed by atoms with van der Waals surface area (Å²) >= 11 is 0. The van der Waals surface area contributed by atoms with Crippen LogP contribution in [0.5, 0.6) is 0 Å². The predicted octanol–water partition coefficient (Wildman–Crippen LogP) is -0.870. The van der Waals surface area contributed by atoms with E-state index in [0.717, 1.165) is 0 Å². The molecule has 0 saturated carbocycles. The van der Waals surface area contributed by atoms with Gasteiger partial charge in [-0.15, -0.1) is 0 Å². The van der Waals surface area contributed by atoms with E-state index in [1.165, 1.54) is 17.0 Å². The van der Waals surface area contributed by atoms with Crippen molar-refractivity contribution in [2.75, 3.05) is 6.54 Å². The summed E-state index contributed by atoms with van der Waals surface area (Å²) in [5.41, 5.74) is -1.43. The number of hydrogen-bond donors (Lipinski definition) is 2. The Morgan fingerprint density at radius 3 is 2.88 bits per heavy atom. The number of aliphatic hydroxyl groups is 1. The number of aromatic nitrogens is 2. The van der Waals surface area contributed by atoms with Crippen molar-refractivity contribution in [3.8, 4) is 0 Å². The van der Waals surface area contributed by atoms with Crippen LogP contribution in [0.25, 0.3) is 0 Å². The van der Waals surface area contributed by atoms with Gasteiger partial charge in [-0.05, 0) is 19.9 Å². The second-order valence-electron chi connectivity index (χ2n) is 4.12. The maximum absolute atomic E-state index is 11.4.